The van der Waals surface area contributed by atoms with Gasteiger partial charge >= 0.3 is 0 Å². The average molecular weight is 336 g/mol. The van der Waals surface area contributed by atoms with Crippen LogP contribution < -0.4 is 13.8 Å². The molecule has 9 heteroatoms. The van der Waals surface area contributed by atoms with Crippen molar-refractivity contribution >= 4 is 16.0 Å². The zero-order valence-corrected chi connectivity index (χ0v) is 13.2. The van der Waals surface area contributed by atoms with Crippen LogP contribution in [-0.2, 0) is 16.6 Å². The van der Waals surface area contributed by atoms with E-state index < -0.39 is 10.0 Å². The molecule has 0 fully saturated rings. The van der Waals surface area contributed by atoms with Crippen LogP contribution in [-0.4, -0.2) is 42.9 Å². The third-order valence-corrected chi connectivity index (χ3v) is 5.63. The van der Waals surface area contributed by atoms with Gasteiger partial charge in [0.05, 0.1) is 18.1 Å². The molecule has 0 amide bonds. The Bertz CT molecular complexity index is 833. The van der Waals surface area contributed by atoms with E-state index in [1.807, 2.05) is 0 Å². The van der Waals surface area contributed by atoms with Gasteiger partial charge < -0.3 is 9.47 Å². The lowest BCUT2D eigenvalue weighted by Crippen LogP contribution is -2.38. The van der Waals surface area contributed by atoms with Gasteiger partial charge in [0.2, 0.25) is 5.95 Å². The summed E-state index contributed by atoms with van der Waals surface area (Å²) in [5, 5.41) is 4.05. The number of benzene rings is 1. The van der Waals surface area contributed by atoms with E-state index in [2.05, 4.69) is 10.1 Å². The zero-order chi connectivity index (χ0) is 15.9. The van der Waals surface area contributed by atoms with E-state index >= 15 is 0 Å². The number of sulfonamides is 1. The number of ether oxygens (including phenoxy) is 2. The van der Waals surface area contributed by atoms with Gasteiger partial charge in [-0.15, -0.1) is 0 Å². The van der Waals surface area contributed by atoms with E-state index in [0.717, 1.165) is 6.42 Å². The SMILES string of the molecule is O=S(=O)(c1ccc2c(c1)OCCCO2)N1CCCn2ncnc21. The number of hydrogen-bond donors (Lipinski definition) is 0. The van der Waals surface area contributed by atoms with Crippen LogP contribution >= 0.6 is 0 Å². The van der Waals surface area contributed by atoms with Crippen molar-refractivity contribution in [1.82, 2.24) is 14.8 Å². The predicted molar refractivity (Wildman–Crippen MR) is 81.2 cm³/mol. The van der Waals surface area contributed by atoms with Gasteiger partial charge in [-0.05, 0) is 18.6 Å². The Morgan fingerprint density at radius 1 is 1.04 bits per heavy atom. The standard InChI is InChI=1S/C14H16N4O4S/c19-23(20,18-6-1-5-17-14(18)15-10-16-17)11-3-4-12-13(9-11)22-8-2-7-21-12/h3-4,9-10H,1-2,5-8H2. The molecule has 1 aromatic carbocycles. The van der Waals surface area contributed by atoms with Crippen molar-refractivity contribution in [2.75, 3.05) is 24.1 Å². The Morgan fingerprint density at radius 2 is 1.87 bits per heavy atom. The molecule has 3 heterocycles. The molecule has 0 saturated heterocycles. The van der Waals surface area contributed by atoms with Crippen molar-refractivity contribution in [1.29, 1.82) is 0 Å². The number of rotatable bonds is 2. The Balaban J connectivity index is 1.74. The maximum absolute atomic E-state index is 13.0. The first kappa shape index (κ1) is 14.3. The molecular formula is C14H16N4O4S. The third kappa shape index (κ3) is 2.40. The number of fused-ring (bicyclic) bond motifs is 2. The highest BCUT2D eigenvalue weighted by Gasteiger charge is 2.31. The molecule has 2 aromatic rings. The Hall–Kier alpha value is -2.29. The van der Waals surface area contributed by atoms with E-state index in [1.54, 1.807) is 10.7 Å². The minimum absolute atomic E-state index is 0.165. The van der Waals surface area contributed by atoms with Crippen LogP contribution in [0.25, 0.3) is 0 Å². The zero-order valence-electron chi connectivity index (χ0n) is 12.4. The summed E-state index contributed by atoms with van der Waals surface area (Å²) in [7, 11) is -3.72. The van der Waals surface area contributed by atoms with Gasteiger partial charge in [-0.25, -0.2) is 17.4 Å². The molecule has 2 aliphatic heterocycles. The second kappa shape index (κ2) is 5.41. The molecule has 0 spiro atoms. The van der Waals surface area contributed by atoms with Crippen molar-refractivity contribution < 1.29 is 17.9 Å². The van der Waals surface area contributed by atoms with Crippen molar-refractivity contribution in [3.05, 3.63) is 24.5 Å². The first-order chi connectivity index (χ1) is 11.2. The molecule has 2 aliphatic rings. The Kier molecular flexibility index (Phi) is 3.37. The Morgan fingerprint density at radius 3 is 2.74 bits per heavy atom. The first-order valence-electron chi connectivity index (χ1n) is 7.46. The van der Waals surface area contributed by atoms with Crippen molar-refractivity contribution in [2.45, 2.75) is 24.3 Å². The summed E-state index contributed by atoms with van der Waals surface area (Å²) in [6, 6.07) is 4.70. The monoisotopic (exact) mass is 336 g/mol. The van der Waals surface area contributed by atoms with Crippen molar-refractivity contribution in [3.8, 4) is 11.5 Å². The van der Waals surface area contributed by atoms with Crippen LogP contribution in [0.1, 0.15) is 12.8 Å². The van der Waals surface area contributed by atoms with E-state index in [1.165, 1.54) is 22.8 Å². The third-order valence-electron chi connectivity index (χ3n) is 3.86. The molecule has 8 nitrogen and oxygen atoms in total. The molecule has 1 aromatic heterocycles. The molecule has 0 atom stereocenters. The normalized spacial score (nSPS) is 17.5. The summed E-state index contributed by atoms with van der Waals surface area (Å²) >= 11 is 0. The predicted octanol–water partition coefficient (Wildman–Crippen LogP) is 1.04. The van der Waals surface area contributed by atoms with Crippen LogP contribution in [0.15, 0.2) is 29.4 Å². The van der Waals surface area contributed by atoms with Gasteiger partial charge in [0, 0.05) is 25.6 Å². The summed E-state index contributed by atoms with van der Waals surface area (Å²) in [4.78, 5) is 4.24. The number of hydrogen-bond acceptors (Lipinski definition) is 6. The van der Waals surface area contributed by atoms with E-state index in [9.17, 15) is 8.42 Å². The lowest BCUT2D eigenvalue weighted by molar-refractivity contribution is 0.297. The lowest BCUT2D eigenvalue weighted by Gasteiger charge is -2.27. The van der Waals surface area contributed by atoms with Crippen molar-refractivity contribution in [3.63, 3.8) is 0 Å². The van der Waals surface area contributed by atoms with Crippen LogP contribution in [0.3, 0.4) is 0 Å². The van der Waals surface area contributed by atoms with Gasteiger partial charge in [-0.3, -0.25) is 0 Å². The molecular weight excluding hydrogens is 320 g/mol. The second-order valence-electron chi connectivity index (χ2n) is 5.37. The Labute approximate surface area is 133 Å². The fraction of sp³-hybridized carbons (Fsp3) is 0.429. The minimum atomic E-state index is -3.72. The number of aromatic nitrogens is 3. The second-order valence-corrected chi connectivity index (χ2v) is 7.24. The smallest absolute Gasteiger partial charge is 0.266 e. The number of anilines is 1. The molecule has 0 unspecified atom stereocenters. The largest absolute Gasteiger partial charge is 0.490 e. The highest BCUT2D eigenvalue weighted by Crippen LogP contribution is 2.34. The summed E-state index contributed by atoms with van der Waals surface area (Å²) in [6.45, 7) is 2.13. The van der Waals surface area contributed by atoms with Gasteiger partial charge in [-0.1, -0.05) is 0 Å². The summed E-state index contributed by atoms with van der Waals surface area (Å²) < 4.78 is 40.0. The fourth-order valence-electron chi connectivity index (χ4n) is 2.73. The van der Waals surface area contributed by atoms with Gasteiger partial charge in [0.1, 0.15) is 6.33 Å². The quantitative estimate of drug-likeness (QED) is 0.814. The van der Waals surface area contributed by atoms with E-state index in [4.69, 9.17) is 9.47 Å². The summed E-state index contributed by atoms with van der Waals surface area (Å²) in [6.07, 6.45) is 2.84. The first-order valence-corrected chi connectivity index (χ1v) is 8.90. The molecule has 0 bridgehead atoms. The number of aryl methyl sites for hydroxylation is 1. The molecule has 0 radical (unpaired) electrons. The molecule has 122 valence electrons. The van der Waals surface area contributed by atoms with Crippen LogP contribution in [0.2, 0.25) is 0 Å². The summed E-state index contributed by atoms with van der Waals surface area (Å²) in [5.74, 6) is 1.38. The number of nitrogens with zero attached hydrogens (tertiary/aromatic N) is 4. The maximum Gasteiger partial charge on any atom is 0.266 e. The molecule has 0 saturated carbocycles. The van der Waals surface area contributed by atoms with Crippen LogP contribution in [0, 0.1) is 0 Å². The van der Waals surface area contributed by atoms with Crippen molar-refractivity contribution in [2.24, 2.45) is 0 Å². The van der Waals surface area contributed by atoms with Gasteiger partial charge in [-0.2, -0.15) is 10.1 Å². The molecule has 0 N–H and O–H groups in total. The summed E-state index contributed by atoms with van der Waals surface area (Å²) in [5.41, 5.74) is 0. The molecule has 4 rings (SSSR count). The van der Waals surface area contributed by atoms with Gasteiger partial charge in [0.25, 0.3) is 10.0 Å². The molecule has 0 aliphatic carbocycles. The van der Waals surface area contributed by atoms with Gasteiger partial charge in [0.15, 0.2) is 11.5 Å². The minimum Gasteiger partial charge on any atom is -0.490 e. The average Bonchev–Trinajstić information content (AvgIpc) is 2.91. The van der Waals surface area contributed by atoms with Crippen LogP contribution in [0.5, 0.6) is 11.5 Å². The highest BCUT2D eigenvalue weighted by molar-refractivity contribution is 7.92. The fourth-order valence-corrected chi connectivity index (χ4v) is 4.21. The molecule has 23 heavy (non-hydrogen) atoms. The maximum atomic E-state index is 13.0. The van der Waals surface area contributed by atoms with E-state index in [-0.39, 0.29) is 4.90 Å². The van der Waals surface area contributed by atoms with E-state index in [0.29, 0.717) is 50.2 Å². The topological polar surface area (TPSA) is 86.6 Å². The van der Waals surface area contributed by atoms with Crippen LogP contribution in [0.4, 0.5) is 5.95 Å². The lowest BCUT2D eigenvalue weighted by atomic mass is 10.3. The highest BCUT2D eigenvalue weighted by atomic mass is 32.2.